The third-order valence-electron chi connectivity index (χ3n) is 7.43. The molecule has 0 saturated heterocycles. The molecule has 0 aliphatic heterocycles. The zero-order valence-corrected chi connectivity index (χ0v) is 24.3. The van der Waals surface area contributed by atoms with Crippen LogP contribution in [0.15, 0.2) is 119 Å². The van der Waals surface area contributed by atoms with E-state index in [1.165, 1.54) is 12.1 Å². The molecule has 2 N–H and O–H groups in total. The molecular weight excluding hydrogens is 581 g/mol. The lowest BCUT2D eigenvalue weighted by molar-refractivity contribution is -0.138. The number of nitrogens with zero attached hydrogens (tertiary/aromatic N) is 1. The van der Waals surface area contributed by atoms with E-state index in [1.54, 1.807) is 18.2 Å². The highest BCUT2D eigenvalue weighted by molar-refractivity contribution is 5.58. The second kappa shape index (κ2) is 14.0. The smallest absolute Gasteiger partial charge is 0.439 e. The predicted molar refractivity (Wildman–Crippen MR) is 167 cm³/mol. The van der Waals surface area contributed by atoms with Gasteiger partial charge in [0, 0.05) is 22.3 Å². The Bertz CT molecular complexity index is 1820. The van der Waals surface area contributed by atoms with Gasteiger partial charge in [-0.05, 0) is 48.4 Å². The molecule has 1 atom stereocenters. The van der Waals surface area contributed by atoms with Gasteiger partial charge in [0.15, 0.2) is 5.82 Å². The van der Waals surface area contributed by atoms with Gasteiger partial charge >= 0.3 is 11.9 Å². The molecule has 0 bridgehead atoms. The molecule has 0 spiro atoms. The fourth-order valence-electron chi connectivity index (χ4n) is 5.01. The van der Waals surface area contributed by atoms with Gasteiger partial charge in [0.1, 0.15) is 18.1 Å². The molecular formula is C36H31F3N2O4. The van der Waals surface area contributed by atoms with Crippen LogP contribution < -0.4 is 10.5 Å². The standard InChI is InChI=1S/C36H31F3N2O4/c1-24(42)28-17-12-25(13-18-28)10-11-26(22-27-15-20-30(21-16-27)34-40-35(43)45-41-34)14-19-29-6-3-5-9-33(29)44-23-31-7-2-4-8-32(31)36(37,38)39/h2-9,12-21,26,42H,1,10-11,22-23H2,(H,40,41,43)/b19-14+. The van der Waals surface area contributed by atoms with Gasteiger partial charge in [-0.2, -0.15) is 13.2 Å². The summed E-state index contributed by atoms with van der Waals surface area (Å²) >= 11 is 0. The lowest BCUT2D eigenvalue weighted by atomic mass is 9.91. The van der Waals surface area contributed by atoms with E-state index in [4.69, 9.17) is 4.74 Å². The van der Waals surface area contributed by atoms with E-state index in [9.17, 15) is 23.1 Å². The van der Waals surface area contributed by atoms with Crippen molar-refractivity contribution < 1.29 is 27.5 Å². The van der Waals surface area contributed by atoms with Gasteiger partial charge in [-0.15, -0.1) is 0 Å². The maximum atomic E-state index is 13.5. The van der Waals surface area contributed by atoms with Crippen LogP contribution in [0.5, 0.6) is 5.75 Å². The molecule has 1 heterocycles. The first-order chi connectivity index (χ1) is 21.7. The number of rotatable bonds is 12. The van der Waals surface area contributed by atoms with Crippen LogP contribution in [-0.2, 0) is 25.6 Å². The molecule has 45 heavy (non-hydrogen) atoms. The number of ether oxygens (including phenoxy) is 1. The summed E-state index contributed by atoms with van der Waals surface area (Å²) in [5, 5.41) is 13.4. The largest absolute Gasteiger partial charge is 0.508 e. The Morgan fingerprint density at radius 1 is 0.956 bits per heavy atom. The fourth-order valence-corrected chi connectivity index (χ4v) is 5.01. The van der Waals surface area contributed by atoms with E-state index in [0.29, 0.717) is 23.6 Å². The zero-order chi connectivity index (χ0) is 31.8. The molecule has 230 valence electrons. The molecule has 1 aromatic heterocycles. The molecule has 5 aromatic rings. The fraction of sp³-hybridized carbons (Fsp3) is 0.167. The van der Waals surface area contributed by atoms with Crippen molar-refractivity contribution in [3.8, 4) is 17.1 Å². The minimum absolute atomic E-state index is 0.0169. The number of benzene rings is 4. The van der Waals surface area contributed by atoms with Crippen LogP contribution >= 0.6 is 0 Å². The maximum Gasteiger partial charge on any atom is 0.439 e. The summed E-state index contributed by atoms with van der Waals surface area (Å²) in [6, 6.07) is 27.9. The van der Waals surface area contributed by atoms with E-state index in [-0.39, 0.29) is 23.8 Å². The van der Waals surface area contributed by atoms with Gasteiger partial charge in [-0.3, -0.25) is 9.51 Å². The number of H-pyrrole nitrogens is 1. The molecule has 0 fully saturated rings. The monoisotopic (exact) mass is 612 g/mol. The number of alkyl halides is 3. The first kappa shape index (κ1) is 31.1. The second-order valence-corrected chi connectivity index (χ2v) is 10.6. The van der Waals surface area contributed by atoms with Crippen LogP contribution in [0.25, 0.3) is 23.2 Å². The van der Waals surface area contributed by atoms with Crippen LogP contribution in [-0.4, -0.2) is 15.2 Å². The summed E-state index contributed by atoms with van der Waals surface area (Å²) < 4.78 is 51.0. The minimum atomic E-state index is -4.47. The predicted octanol–water partition coefficient (Wildman–Crippen LogP) is 8.66. The normalized spacial score (nSPS) is 12.3. The molecule has 0 saturated carbocycles. The van der Waals surface area contributed by atoms with Crippen molar-refractivity contribution in [3.63, 3.8) is 0 Å². The van der Waals surface area contributed by atoms with Gasteiger partial charge in [0.05, 0.1) is 5.56 Å². The number of hydrogen-bond acceptors (Lipinski definition) is 5. The number of aliphatic hydroxyl groups excluding tert-OH is 1. The van der Waals surface area contributed by atoms with E-state index in [2.05, 4.69) is 27.3 Å². The van der Waals surface area contributed by atoms with Gasteiger partial charge < -0.3 is 9.84 Å². The van der Waals surface area contributed by atoms with E-state index in [1.807, 2.05) is 66.7 Å². The number of aliphatic hydroxyl groups is 1. The molecule has 4 aromatic carbocycles. The summed E-state index contributed by atoms with van der Waals surface area (Å²) in [6.07, 6.45) is 1.86. The molecule has 1 unspecified atom stereocenters. The van der Waals surface area contributed by atoms with Crippen molar-refractivity contribution >= 4 is 11.8 Å². The number of nitrogens with one attached hydrogen (secondary N) is 1. The topological polar surface area (TPSA) is 88.3 Å². The number of para-hydroxylation sites is 1. The van der Waals surface area contributed by atoms with E-state index < -0.39 is 17.5 Å². The highest BCUT2D eigenvalue weighted by Gasteiger charge is 2.33. The molecule has 0 aliphatic carbocycles. The second-order valence-electron chi connectivity index (χ2n) is 10.6. The molecule has 0 aliphatic rings. The van der Waals surface area contributed by atoms with Crippen LogP contribution in [0.2, 0.25) is 0 Å². The van der Waals surface area contributed by atoms with Crippen molar-refractivity contribution in [3.05, 3.63) is 154 Å². The lowest BCUT2D eigenvalue weighted by Crippen LogP contribution is -2.10. The average Bonchev–Trinajstić information content (AvgIpc) is 3.48. The van der Waals surface area contributed by atoms with E-state index >= 15 is 0 Å². The first-order valence-corrected chi connectivity index (χ1v) is 14.3. The van der Waals surface area contributed by atoms with Crippen LogP contribution in [0.3, 0.4) is 0 Å². The number of aryl methyl sites for hydroxylation is 1. The SMILES string of the molecule is C=C(O)c1ccc(CCC(/C=C/c2ccccc2OCc2ccccc2C(F)(F)F)Cc2ccc(-c3noc(=O)[nH]3)cc2)cc1. The van der Waals surface area contributed by atoms with Crippen LogP contribution in [0.1, 0.15) is 39.8 Å². The molecule has 9 heteroatoms. The lowest BCUT2D eigenvalue weighted by Gasteiger charge is -2.16. The van der Waals surface area contributed by atoms with Gasteiger partial charge in [-0.1, -0.05) is 109 Å². The van der Waals surface area contributed by atoms with Gasteiger partial charge in [0.2, 0.25) is 0 Å². The summed E-state index contributed by atoms with van der Waals surface area (Å²) in [5.74, 6) is 0.323. The maximum absolute atomic E-state index is 13.5. The molecule has 0 radical (unpaired) electrons. The Morgan fingerprint density at radius 3 is 2.33 bits per heavy atom. The van der Waals surface area contributed by atoms with E-state index in [0.717, 1.165) is 41.2 Å². The number of aromatic amines is 1. The van der Waals surface area contributed by atoms with Gasteiger partial charge in [-0.25, -0.2) is 4.79 Å². The third-order valence-corrected chi connectivity index (χ3v) is 7.43. The quantitative estimate of drug-likeness (QED) is 0.138. The van der Waals surface area contributed by atoms with Gasteiger partial charge in [0.25, 0.3) is 0 Å². The minimum Gasteiger partial charge on any atom is -0.508 e. The molecule has 0 amide bonds. The number of hydrogen-bond donors (Lipinski definition) is 2. The third kappa shape index (κ3) is 8.41. The average molecular weight is 613 g/mol. The van der Waals surface area contributed by atoms with Crippen molar-refractivity contribution in [2.45, 2.75) is 32.0 Å². The van der Waals surface area contributed by atoms with Crippen LogP contribution in [0, 0.1) is 5.92 Å². The first-order valence-electron chi connectivity index (χ1n) is 14.3. The summed E-state index contributed by atoms with van der Waals surface area (Å²) in [4.78, 5) is 13.9. The number of halogens is 3. The zero-order valence-electron chi connectivity index (χ0n) is 24.3. The number of allylic oxidation sites excluding steroid dienone is 1. The van der Waals surface area contributed by atoms with Crippen molar-refractivity contribution in [1.29, 1.82) is 0 Å². The Balaban J connectivity index is 1.34. The molecule has 5 rings (SSSR count). The van der Waals surface area contributed by atoms with Crippen LogP contribution in [0.4, 0.5) is 13.2 Å². The van der Waals surface area contributed by atoms with Crippen molar-refractivity contribution in [2.75, 3.05) is 0 Å². The summed E-state index contributed by atoms with van der Waals surface area (Å²) in [7, 11) is 0. The van der Waals surface area contributed by atoms with Crippen molar-refractivity contribution in [1.82, 2.24) is 10.1 Å². The highest BCUT2D eigenvalue weighted by Crippen LogP contribution is 2.33. The number of aromatic nitrogens is 2. The Morgan fingerprint density at radius 2 is 1.64 bits per heavy atom. The molecule has 6 nitrogen and oxygen atoms in total. The Hall–Kier alpha value is -5.31. The summed E-state index contributed by atoms with van der Waals surface area (Å²) in [6.45, 7) is 3.35. The van der Waals surface area contributed by atoms with Crippen molar-refractivity contribution in [2.24, 2.45) is 5.92 Å². The summed E-state index contributed by atoms with van der Waals surface area (Å²) in [5.41, 5.74) is 3.67. The Labute approximate surface area is 258 Å². The Kier molecular flexibility index (Phi) is 9.67. The highest BCUT2D eigenvalue weighted by atomic mass is 19.4.